The molecule has 3 rings (SSSR count). The number of carbonyl (C=O) groups excluding carboxylic acids is 3. The first-order valence-electron chi connectivity index (χ1n) is 12.7. The average Bonchev–Trinajstić information content (AvgIpc) is 2.92. The fraction of sp³-hybridized carbons (Fsp3) is 0.414. The van der Waals surface area contributed by atoms with Gasteiger partial charge in [0.2, 0.25) is 11.8 Å². The van der Waals surface area contributed by atoms with E-state index in [1.807, 2.05) is 72.8 Å². The van der Waals surface area contributed by atoms with Crippen molar-refractivity contribution in [1.29, 1.82) is 0 Å². The molecule has 0 saturated heterocycles. The van der Waals surface area contributed by atoms with Crippen molar-refractivity contribution in [2.75, 3.05) is 32.9 Å². The Bertz CT molecular complexity index is 1010. The zero-order chi connectivity index (χ0) is 26.3. The molecular formula is C29H36N2O6. The van der Waals surface area contributed by atoms with Crippen LogP contribution in [0.25, 0.3) is 0 Å². The van der Waals surface area contributed by atoms with Gasteiger partial charge in [0, 0.05) is 13.0 Å². The molecule has 3 atom stereocenters. The summed E-state index contributed by atoms with van der Waals surface area (Å²) < 4.78 is 11.1. The Morgan fingerprint density at radius 2 is 1.65 bits per heavy atom. The summed E-state index contributed by atoms with van der Waals surface area (Å²) in [5.41, 5.74) is 1.84. The SMILES string of the molecule is O=C(C[C@H]1CC=CC[C@@H](Cc2ccccc2)C(=O)O[C@H](c2ccccc2)CNC1=O)NCCOCCO. The molecule has 0 bridgehead atoms. The smallest absolute Gasteiger partial charge is 0.310 e. The number of nitrogens with one attached hydrogen (secondary N) is 2. The highest BCUT2D eigenvalue weighted by molar-refractivity contribution is 5.86. The van der Waals surface area contributed by atoms with Gasteiger partial charge in [-0.05, 0) is 30.4 Å². The number of cyclic esters (lactones) is 1. The van der Waals surface area contributed by atoms with E-state index >= 15 is 0 Å². The summed E-state index contributed by atoms with van der Waals surface area (Å²) in [7, 11) is 0. The Hall–Kier alpha value is -3.49. The van der Waals surface area contributed by atoms with E-state index in [0.717, 1.165) is 11.1 Å². The fourth-order valence-electron chi connectivity index (χ4n) is 4.16. The zero-order valence-corrected chi connectivity index (χ0v) is 21.0. The Kier molecular flexibility index (Phi) is 11.8. The standard InChI is InChI=1S/C29H36N2O6/c32-16-18-36-17-15-30-27(33)20-24-13-7-8-14-25(19-22-9-3-1-4-10-22)29(35)37-26(21-31-28(24)34)23-11-5-2-6-12-23/h1-12,24-26,32H,13-21H2,(H,30,33)(H,31,34)/t24-,25+,26+/m1/s1. The molecule has 8 nitrogen and oxygen atoms in total. The molecule has 2 aromatic carbocycles. The quantitative estimate of drug-likeness (QED) is 0.258. The first-order valence-corrected chi connectivity index (χ1v) is 12.7. The third-order valence-corrected chi connectivity index (χ3v) is 6.16. The molecule has 8 heteroatoms. The Morgan fingerprint density at radius 1 is 0.973 bits per heavy atom. The second kappa shape index (κ2) is 15.6. The monoisotopic (exact) mass is 508 g/mol. The van der Waals surface area contributed by atoms with Crippen molar-refractivity contribution in [2.24, 2.45) is 11.8 Å². The van der Waals surface area contributed by atoms with Gasteiger partial charge in [-0.2, -0.15) is 0 Å². The van der Waals surface area contributed by atoms with Crippen LogP contribution in [0.3, 0.4) is 0 Å². The largest absolute Gasteiger partial charge is 0.455 e. The van der Waals surface area contributed by atoms with Gasteiger partial charge in [0.1, 0.15) is 6.10 Å². The number of esters is 1. The Balaban J connectivity index is 1.73. The predicted octanol–water partition coefficient (Wildman–Crippen LogP) is 2.73. The third-order valence-electron chi connectivity index (χ3n) is 6.16. The van der Waals surface area contributed by atoms with E-state index in [4.69, 9.17) is 14.6 Å². The summed E-state index contributed by atoms with van der Waals surface area (Å²) in [6.07, 6.45) is 4.54. The number of allylic oxidation sites excluding steroid dienone is 2. The van der Waals surface area contributed by atoms with Gasteiger partial charge < -0.3 is 25.2 Å². The van der Waals surface area contributed by atoms with Crippen LogP contribution in [0.4, 0.5) is 0 Å². The lowest BCUT2D eigenvalue weighted by atomic mass is 9.94. The lowest BCUT2D eigenvalue weighted by Crippen LogP contribution is -2.38. The van der Waals surface area contributed by atoms with Crippen molar-refractivity contribution in [3.63, 3.8) is 0 Å². The molecule has 0 spiro atoms. The minimum Gasteiger partial charge on any atom is -0.455 e. The molecule has 1 aliphatic heterocycles. The van der Waals surface area contributed by atoms with Crippen molar-refractivity contribution in [2.45, 2.75) is 31.8 Å². The minimum absolute atomic E-state index is 0.0272. The van der Waals surface area contributed by atoms with E-state index in [-0.39, 0.29) is 56.5 Å². The van der Waals surface area contributed by atoms with Gasteiger partial charge in [-0.3, -0.25) is 14.4 Å². The lowest BCUT2D eigenvalue weighted by molar-refractivity contribution is -0.154. The van der Waals surface area contributed by atoms with Gasteiger partial charge in [0.05, 0.1) is 38.2 Å². The Morgan fingerprint density at radius 3 is 2.35 bits per heavy atom. The summed E-state index contributed by atoms with van der Waals surface area (Å²) in [5, 5.41) is 14.4. The number of carbonyl (C=O) groups is 3. The van der Waals surface area contributed by atoms with Crippen molar-refractivity contribution in [3.8, 4) is 0 Å². The van der Waals surface area contributed by atoms with Gasteiger partial charge in [-0.25, -0.2) is 0 Å². The fourth-order valence-corrected chi connectivity index (χ4v) is 4.16. The molecule has 0 fully saturated rings. The van der Waals surface area contributed by atoms with Crippen LogP contribution in [0.2, 0.25) is 0 Å². The molecule has 1 heterocycles. The number of aliphatic hydroxyl groups is 1. The van der Waals surface area contributed by atoms with E-state index in [1.54, 1.807) is 0 Å². The summed E-state index contributed by atoms with van der Waals surface area (Å²) in [5.74, 6) is -1.76. The van der Waals surface area contributed by atoms with Crippen molar-refractivity contribution in [1.82, 2.24) is 10.6 Å². The molecule has 0 aliphatic carbocycles. The van der Waals surface area contributed by atoms with Crippen molar-refractivity contribution in [3.05, 3.63) is 83.9 Å². The summed E-state index contributed by atoms with van der Waals surface area (Å²) in [6.45, 7) is 0.841. The van der Waals surface area contributed by atoms with Crippen LogP contribution in [-0.2, 0) is 30.3 Å². The van der Waals surface area contributed by atoms with Crippen LogP contribution in [0.1, 0.15) is 36.5 Å². The van der Waals surface area contributed by atoms with Crippen LogP contribution in [0, 0.1) is 11.8 Å². The Labute approximate surface area is 218 Å². The molecule has 2 amide bonds. The number of rotatable bonds is 10. The molecule has 0 aromatic heterocycles. The molecule has 198 valence electrons. The number of ether oxygens (including phenoxy) is 2. The van der Waals surface area contributed by atoms with Crippen molar-refractivity contribution >= 4 is 17.8 Å². The number of amides is 2. The highest BCUT2D eigenvalue weighted by atomic mass is 16.5. The molecule has 1 aliphatic rings. The van der Waals surface area contributed by atoms with Crippen LogP contribution in [-0.4, -0.2) is 55.8 Å². The summed E-state index contributed by atoms with van der Waals surface area (Å²) in [6, 6.07) is 19.2. The van der Waals surface area contributed by atoms with Gasteiger partial charge in [0.15, 0.2) is 0 Å². The maximum Gasteiger partial charge on any atom is 0.310 e. The summed E-state index contributed by atoms with van der Waals surface area (Å²) in [4.78, 5) is 38.7. The van der Waals surface area contributed by atoms with E-state index < -0.39 is 12.0 Å². The van der Waals surface area contributed by atoms with E-state index in [2.05, 4.69) is 10.6 Å². The molecule has 37 heavy (non-hydrogen) atoms. The molecule has 0 radical (unpaired) electrons. The lowest BCUT2D eigenvalue weighted by Gasteiger charge is -2.24. The maximum atomic E-state index is 13.2. The van der Waals surface area contributed by atoms with Gasteiger partial charge in [-0.1, -0.05) is 72.8 Å². The number of hydrogen-bond donors (Lipinski definition) is 3. The normalized spacial score (nSPS) is 20.7. The van der Waals surface area contributed by atoms with Gasteiger partial charge in [-0.15, -0.1) is 0 Å². The number of hydrogen-bond acceptors (Lipinski definition) is 6. The minimum atomic E-state index is -0.641. The first kappa shape index (κ1) is 28.1. The molecule has 2 aromatic rings. The van der Waals surface area contributed by atoms with Gasteiger partial charge >= 0.3 is 5.97 Å². The van der Waals surface area contributed by atoms with Crippen LogP contribution >= 0.6 is 0 Å². The predicted molar refractivity (Wildman–Crippen MR) is 139 cm³/mol. The average molecular weight is 509 g/mol. The van der Waals surface area contributed by atoms with E-state index in [9.17, 15) is 14.4 Å². The highest BCUT2D eigenvalue weighted by Crippen LogP contribution is 2.23. The van der Waals surface area contributed by atoms with E-state index in [1.165, 1.54) is 0 Å². The highest BCUT2D eigenvalue weighted by Gasteiger charge is 2.27. The van der Waals surface area contributed by atoms with Crippen LogP contribution in [0.5, 0.6) is 0 Å². The van der Waals surface area contributed by atoms with Crippen molar-refractivity contribution < 1.29 is 29.0 Å². The summed E-state index contributed by atoms with van der Waals surface area (Å²) >= 11 is 0. The van der Waals surface area contributed by atoms with Crippen LogP contribution < -0.4 is 10.6 Å². The second-order valence-electron chi connectivity index (χ2n) is 9.00. The molecular weight excluding hydrogens is 472 g/mol. The van der Waals surface area contributed by atoms with Gasteiger partial charge in [0.25, 0.3) is 0 Å². The topological polar surface area (TPSA) is 114 Å². The van der Waals surface area contributed by atoms with E-state index in [0.29, 0.717) is 25.8 Å². The molecule has 0 unspecified atom stereocenters. The first-order chi connectivity index (χ1) is 18.1. The number of aliphatic hydroxyl groups excluding tert-OH is 1. The number of benzene rings is 2. The second-order valence-corrected chi connectivity index (χ2v) is 9.00. The molecule has 3 N–H and O–H groups in total. The molecule has 0 saturated carbocycles. The third kappa shape index (κ3) is 9.82. The maximum absolute atomic E-state index is 13.2. The zero-order valence-electron chi connectivity index (χ0n) is 21.0. The van der Waals surface area contributed by atoms with Crippen LogP contribution in [0.15, 0.2) is 72.8 Å².